The Morgan fingerprint density at radius 1 is 0.824 bits per heavy atom. The second kappa shape index (κ2) is 3.62. The van der Waals surface area contributed by atoms with Gasteiger partial charge in [0.1, 0.15) is 0 Å². The predicted molar refractivity (Wildman–Crippen MR) is 78.1 cm³/mol. The molecule has 1 aliphatic carbocycles. The topological polar surface area (TPSA) is 0 Å². The third kappa shape index (κ3) is 1.71. The third-order valence-electron chi connectivity index (χ3n) is 5.17. The Hall–Kier alpha value is -0.260. The molecule has 0 N–H and O–H groups in total. The SMILES string of the molecule is CC1=C(C)C(C(C)(C)C)(C(C)(C)C)C(C)(C)C1. The molecule has 0 saturated carbocycles. The predicted octanol–water partition coefficient (Wildman–Crippen LogP) is 5.83. The lowest BCUT2D eigenvalue weighted by Crippen LogP contribution is -2.54. The zero-order chi connectivity index (χ0) is 13.9. The molecule has 0 aromatic carbocycles. The monoisotopic (exact) mass is 236 g/mol. The van der Waals surface area contributed by atoms with E-state index in [1.807, 2.05) is 0 Å². The average Bonchev–Trinajstić information content (AvgIpc) is 2.13. The smallest absolute Gasteiger partial charge is 0.00627 e. The highest BCUT2D eigenvalue weighted by Crippen LogP contribution is 2.70. The highest BCUT2D eigenvalue weighted by atomic mass is 14.7. The van der Waals surface area contributed by atoms with Gasteiger partial charge in [-0.15, -0.1) is 0 Å². The standard InChI is InChI=1S/C17H32/c1-12-11-16(9,10)17(13(12)2,14(3,4)5)15(6,7)8/h11H2,1-10H3. The van der Waals surface area contributed by atoms with E-state index < -0.39 is 0 Å². The van der Waals surface area contributed by atoms with Crippen molar-refractivity contribution in [3.8, 4) is 0 Å². The fourth-order valence-corrected chi connectivity index (χ4v) is 6.04. The number of hydrogen-bond donors (Lipinski definition) is 0. The lowest BCUT2D eigenvalue weighted by molar-refractivity contribution is -0.0839. The van der Waals surface area contributed by atoms with Gasteiger partial charge >= 0.3 is 0 Å². The Balaban J connectivity index is 3.65. The Labute approximate surface area is 109 Å². The molecule has 0 amide bonds. The van der Waals surface area contributed by atoms with Crippen molar-refractivity contribution in [1.82, 2.24) is 0 Å². The quantitative estimate of drug-likeness (QED) is 0.464. The molecule has 0 radical (unpaired) electrons. The number of allylic oxidation sites excluding steroid dienone is 2. The molecule has 1 rings (SSSR count). The van der Waals surface area contributed by atoms with E-state index in [1.165, 1.54) is 6.42 Å². The van der Waals surface area contributed by atoms with Crippen LogP contribution in [0.5, 0.6) is 0 Å². The molecular formula is C17H32. The Kier molecular flexibility index (Phi) is 3.15. The molecule has 0 bridgehead atoms. The van der Waals surface area contributed by atoms with Gasteiger partial charge in [0.15, 0.2) is 0 Å². The lowest BCUT2D eigenvalue weighted by atomic mass is 9.43. The molecule has 17 heavy (non-hydrogen) atoms. The molecule has 0 atom stereocenters. The van der Waals surface area contributed by atoms with Gasteiger partial charge in [0.2, 0.25) is 0 Å². The Morgan fingerprint density at radius 3 is 1.29 bits per heavy atom. The van der Waals surface area contributed by atoms with Crippen LogP contribution in [0.4, 0.5) is 0 Å². The fraction of sp³-hybridized carbons (Fsp3) is 0.882. The van der Waals surface area contributed by atoms with Crippen LogP contribution in [0.3, 0.4) is 0 Å². The summed E-state index contributed by atoms with van der Waals surface area (Å²) >= 11 is 0. The van der Waals surface area contributed by atoms with Crippen LogP contribution >= 0.6 is 0 Å². The molecule has 100 valence electrons. The first-order chi connectivity index (χ1) is 7.29. The van der Waals surface area contributed by atoms with Crippen LogP contribution in [0.1, 0.15) is 75.7 Å². The summed E-state index contributed by atoms with van der Waals surface area (Å²) in [5.74, 6) is 0. The average molecular weight is 236 g/mol. The molecular weight excluding hydrogens is 204 g/mol. The summed E-state index contributed by atoms with van der Waals surface area (Å²) in [7, 11) is 0. The zero-order valence-corrected chi connectivity index (χ0v) is 13.7. The normalized spacial score (nSPS) is 24.4. The first kappa shape index (κ1) is 14.8. The van der Waals surface area contributed by atoms with Gasteiger partial charge in [0, 0.05) is 5.41 Å². The summed E-state index contributed by atoms with van der Waals surface area (Å²) in [4.78, 5) is 0. The highest BCUT2D eigenvalue weighted by molar-refractivity contribution is 5.35. The third-order valence-corrected chi connectivity index (χ3v) is 5.17. The second-order valence-corrected chi connectivity index (χ2v) is 8.72. The molecule has 0 nitrogen and oxygen atoms in total. The fourth-order valence-electron chi connectivity index (χ4n) is 6.04. The van der Waals surface area contributed by atoms with E-state index in [9.17, 15) is 0 Å². The highest BCUT2D eigenvalue weighted by Gasteiger charge is 2.62. The van der Waals surface area contributed by atoms with Crippen molar-refractivity contribution in [2.24, 2.45) is 21.7 Å². The Bertz CT molecular complexity index is 325. The maximum absolute atomic E-state index is 2.46. The summed E-state index contributed by atoms with van der Waals surface area (Å²) in [6.07, 6.45) is 1.24. The van der Waals surface area contributed by atoms with Crippen molar-refractivity contribution < 1.29 is 0 Å². The molecule has 0 aliphatic heterocycles. The molecule has 1 aliphatic rings. The molecule has 0 saturated heterocycles. The van der Waals surface area contributed by atoms with E-state index in [-0.39, 0.29) is 16.2 Å². The van der Waals surface area contributed by atoms with Crippen LogP contribution in [0.15, 0.2) is 11.1 Å². The van der Waals surface area contributed by atoms with Gasteiger partial charge in [-0.2, -0.15) is 0 Å². The largest absolute Gasteiger partial charge is 0.0732 e. The van der Waals surface area contributed by atoms with Gasteiger partial charge in [0.25, 0.3) is 0 Å². The maximum atomic E-state index is 2.46. The molecule has 0 spiro atoms. The van der Waals surface area contributed by atoms with Gasteiger partial charge in [-0.05, 0) is 36.5 Å². The lowest BCUT2D eigenvalue weighted by Gasteiger charge is -2.60. The molecule has 0 heteroatoms. The van der Waals surface area contributed by atoms with Crippen molar-refractivity contribution in [1.29, 1.82) is 0 Å². The summed E-state index contributed by atoms with van der Waals surface area (Å²) in [5.41, 5.74) is 4.45. The molecule has 0 aromatic rings. The minimum atomic E-state index is 0.275. The van der Waals surface area contributed by atoms with Gasteiger partial charge in [-0.3, -0.25) is 0 Å². The molecule has 0 aromatic heterocycles. The summed E-state index contributed by atoms with van der Waals surface area (Å²) in [5, 5.41) is 0. The van der Waals surface area contributed by atoms with Crippen LogP contribution in [0.25, 0.3) is 0 Å². The Morgan fingerprint density at radius 2 is 1.18 bits per heavy atom. The van der Waals surface area contributed by atoms with E-state index in [4.69, 9.17) is 0 Å². The van der Waals surface area contributed by atoms with Crippen molar-refractivity contribution >= 4 is 0 Å². The van der Waals surface area contributed by atoms with E-state index in [0.29, 0.717) is 5.41 Å². The van der Waals surface area contributed by atoms with Crippen molar-refractivity contribution in [3.63, 3.8) is 0 Å². The van der Waals surface area contributed by atoms with Gasteiger partial charge in [0.05, 0.1) is 0 Å². The van der Waals surface area contributed by atoms with Crippen LogP contribution in [0.2, 0.25) is 0 Å². The van der Waals surface area contributed by atoms with Crippen molar-refractivity contribution in [3.05, 3.63) is 11.1 Å². The summed E-state index contributed by atoms with van der Waals surface area (Å²) in [6.45, 7) is 24.1. The first-order valence-electron chi connectivity index (χ1n) is 6.96. The van der Waals surface area contributed by atoms with E-state index in [2.05, 4.69) is 69.2 Å². The minimum absolute atomic E-state index is 0.275. The maximum Gasteiger partial charge on any atom is 0.00627 e. The van der Waals surface area contributed by atoms with Crippen LogP contribution in [-0.4, -0.2) is 0 Å². The van der Waals surface area contributed by atoms with E-state index >= 15 is 0 Å². The summed E-state index contributed by atoms with van der Waals surface area (Å²) < 4.78 is 0. The van der Waals surface area contributed by atoms with Gasteiger partial charge < -0.3 is 0 Å². The van der Waals surface area contributed by atoms with E-state index in [1.54, 1.807) is 11.1 Å². The van der Waals surface area contributed by atoms with Crippen molar-refractivity contribution in [2.75, 3.05) is 0 Å². The molecule has 0 unspecified atom stereocenters. The minimum Gasteiger partial charge on any atom is -0.0732 e. The zero-order valence-electron chi connectivity index (χ0n) is 13.7. The van der Waals surface area contributed by atoms with Gasteiger partial charge in [-0.25, -0.2) is 0 Å². The van der Waals surface area contributed by atoms with Crippen LogP contribution in [-0.2, 0) is 0 Å². The van der Waals surface area contributed by atoms with Crippen LogP contribution in [0, 0.1) is 21.7 Å². The number of hydrogen-bond acceptors (Lipinski definition) is 0. The molecule has 0 heterocycles. The summed E-state index contributed by atoms with van der Waals surface area (Å²) in [6, 6.07) is 0. The first-order valence-corrected chi connectivity index (χ1v) is 6.96. The van der Waals surface area contributed by atoms with Gasteiger partial charge in [-0.1, -0.05) is 66.5 Å². The van der Waals surface area contributed by atoms with E-state index in [0.717, 1.165) is 0 Å². The number of rotatable bonds is 0. The second-order valence-electron chi connectivity index (χ2n) is 8.72. The van der Waals surface area contributed by atoms with Crippen LogP contribution < -0.4 is 0 Å². The molecule has 0 fully saturated rings. The van der Waals surface area contributed by atoms with Crippen molar-refractivity contribution in [2.45, 2.75) is 75.7 Å².